The largest absolute Gasteiger partial charge is 0.309 e. The minimum Gasteiger partial charge on any atom is -0.309 e. The summed E-state index contributed by atoms with van der Waals surface area (Å²) < 4.78 is 22.2. The van der Waals surface area contributed by atoms with Crippen LogP contribution in [-0.4, -0.2) is 62.0 Å². The first-order chi connectivity index (χ1) is 73.9. The lowest BCUT2D eigenvalue weighted by Gasteiger charge is -2.08. The topological polar surface area (TPSA) is 126 Å². The average Bonchev–Trinajstić information content (AvgIpc) is 1.53. The second-order valence-corrected chi connectivity index (χ2v) is 43.6. The Hall–Kier alpha value is -18.9. The van der Waals surface area contributed by atoms with Crippen LogP contribution >= 0.6 is 45.3 Å². The molecular weight excluding hydrogens is 1900 g/mol. The molecule has 13 nitrogen and oxygen atoms in total. The third kappa shape index (κ3) is 11.1. The highest BCUT2D eigenvalue weighted by Gasteiger charge is 2.31. The van der Waals surface area contributed by atoms with E-state index in [0.717, 1.165) is 88.8 Å². The molecule has 17 heterocycles. The highest BCUT2D eigenvalue weighted by molar-refractivity contribution is 7.27. The molecule has 0 aliphatic carbocycles. The van der Waals surface area contributed by atoms with Crippen molar-refractivity contribution in [3.05, 3.63) is 419 Å². The molecule has 0 saturated carbocycles. The minimum atomic E-state index is 0.915. The van der Waals surface area contributed by atoms with Gasteiger partial charge in [0.15, 0.2) is 22.6 Å². The fraction of sp³-hybridized carbons (Fsp3) is 0. The molecule has 17 heteroatoms. The monoisotopic (exact) mass is 1960 g/mol. The highest BCUT2D eigenvalue weighted by Crippen LogP contribution is 2.54. The molecule has 0 N–H and O–H groups in total. The fourth-order valence-corrected chi connectivity index (χ4v) is 30.0. The molecule has 149 heavy (non-hydrogen) atoms. The number of hydrogen-bond donors (Lipinski definition) is 0. The van der Waals surface area contributed by atoms with Crippen molar-refractivity contribution in [3.8, 4) is 27.9 Å². The van der Waals surface area contributed by atoms with Gasteiger partial charge in [-0.05, 0) is 179 Å². The van der Waals surface area contributed by atoms with E-state index >= 15 is 0 Å². The van der Waals surface area contributed by atoms with Gasteiger partial charge in [0.25, 0.3) is 0 Å². The van der Waals surface area contributed by atoms with E-state index in [1.54, 1.807) is 0 Å². The molecule has 0 unspecified atom stereocenters. The molecule has 0 amide bonds. The Kier molecular flexibility index (Phi) is 16.2. The lowest BCUT2D eigenvalue weighted by molar-refractivity contribution is 1.18. The van der Waals surface area contributed by atoms with Crippen molar-refractivity contribution < 1.29 is 0 Å². The van der Waals surface area contributed by atoms with Crippen molar-refractivity contribution in [1.82, 2.24) is 62.0 Å². The molecule has 0 fully saturated rings. The van der Waals surface area contributed by atoms with Crippen molar-refractivity contribution in [1.29, 1.82) is 0 Å². The summed E-state index contributed by atoms with van der Waals surface area (Å²) in [6.45, 7) is 0. The third-order valence-corrected chi connectivity index (χ3v) is 36.1. The Morgan fingerprint density at radius 1 is 0.168 bits per heavy atom. The van der Waals surface area contributed by atoms with Crippen LogP contribution < -0.4 is 0 Å². The summed E-state index contributed by atoms with van der Waals surface area (Å²) in [6, 6.07) is 150. The summed E-state index contributed by atoms with van der Waals surface area (Å²) in [4.78, 5) is 41.1. The van der Waals surface area contributed by atoms with E-state index in [4.69, 9.17) is 39.9 Å². The standard InChI is InChI=1S/C44H24N4S.C36H19N3S.2C26H13N3S/c1-2-10-27(11-3-1)47-35-16-8-4-12-28(35)30-22-25(18-20-37(30)47)26-19-21-38-32(23-26)40-39(49-38)24-31-29-13-5-9-17-36(29)48-43(31)41(40)42-44(48)46-34-15-7-6-14-33(34)45-42;1-2-9-21-18-22(17-16-20(21)8-1)23-11-7-12-25-31-30(40-35(23)25)19-26-24-10-3-6-15-29(24)39-34(26)32(31)33-36(39)38-28-14-5-4-13-27(28)37-33;1-4-11-22-14(6-1)18-12-17-15-7-5-8-16-24-26(28-20-10-3-2-9-19(20)27-24)29(25(15)16)21(17)13-23(18)30-22;1-4-11-21-14(6-1)17-13-12-16-15-7-5-8-18-22-26(28-20-10-3-2-9-19(20)27-22)29(23(15)18)24(16)25(17)30-21/h1-24H;1-19H;2*1-13H. The van der Waals surface area contributed by atoms with Gasteiger partial charge in [-0.15, -0.1) is 45.3 Å². The van der Waals surface area contributed by atoms with E-state index in [1.165, 1.54) is 250 Å². The maximum atomic E-state index is 5.30. The number of rotatable bonds is 3. The zero-order valence-electron chi connectivity index (χ0n) is 78.8. The first kappa shape index (κ1) is 80.5. The molecule has 38 rings (SSSR count). The summed E-state index contributed by atoms with van der Waals surface area (Å²) in [5.74, 6) is 0. The van der Waals surface area contributed by atoms with Gasteiger partial charge >= 0.3 is 0 Å². The van der Waals surface area contributed by atoms with Crippen molar-refractivity contribution in [3.63, 3.8) is 0 Å². The molecule has 0 atom stereocenters. The van der Waals surface area contributed by atoms with Gasteiger partial charge < -0.3 is 4.57 Å². The fourth-order valence-electron chi connectivity index (χ4n) is 25.2. The van der Waals surface area contributed by atoms with Crippen LogP contribution in [-0.2, 0) is 0 Å². The Bertz CT molecular complexity index is 12700. The van der Waals surface area contributed by atoms with Gasteiger partial charge in [0.2, 0.25) is 0 Å². The van der Waals surface area contributed by atoms with E-state index in [1.807, 2.05) is 118 Å². The molecule has 686 valence electrons. The maximum absolute atomic E-state index is 5.30. The van der Waals surface area contributed by atoms with Crippen LogP contribution in [0.5, 0.6) is 0 Å². The van der Waals surface area contributed by atoms with Gasteiger partial charge in [0.1, 0.15) is 22.1 Å². The zero-order valence-corrected chi connectivity index (χ0v) is 82.0. The van der Waals surface area contributed by atoms with Crippen LogP contribution in [0.25, 0.3) is 339 Å². The molecular formula is C132H69N13S4. The van der Waals surface area contributed by atoms with E-state index in [2.05, 4.69) is 368 Å². The number of fused-ring (bicyclic) bond motifs is 47. The molecule has 38 aromatic rings. The molecule has 21 aromatic carbocycles. The average molecular weight is 1970 g/mol. The van der Waals surface area contributed by atoms with Gasteiger partial charge in [-0.25, -0.2) is 39.9 Å². The predicted octanol–water partition coefficient (Wildman–Crippen LogP) is 36.2. The first-order valence-corrected chi connectivity index (χ1v) is 53.4. The Morgan fingerprint density at radius 2 is 0.570 bits per heavy atom. The number of nitrogens with zero attached hydrogens (tertiary/aromatic N) is 13. The van der Waals surface area contributed by atoms with Crippen LogP contribution in [0.3, 0.4) is 0 Å². The van der Waals surface area contributed by atoms with Crippen LogP contribution in [0.15, 0.2) is 419 Å². The molecule has 0 radical (unpaired) electrons. The molecule has 0 aliphatic heterocycles. The number of para-hydroxylation sites is 14. The molecule has 17 aromatic heterocycles. The van der Waals surface area contributed by atoms with Crippen molar-refractivity contribution >= 4 is 356 Å². The zero-order chi connectivity index (χ0) is 96.5. The lowest BCUT2D eigenvalue weighted by Crippen LogP contribution is -1.92. The van der Waals surface area contributed by atoms with E-state index in [9.17, 15) is 0 Å². The predicted molar refractivity (Wildman–Crippen MR) is 631 cm³/mol. The summed E-state index contributed by atoms with van der Waals surface area (Å²) >= 11 is 7.48. The van der Waals surface area contributed by atoms with Crippen LogP contribution in [0.2, 0.25) is 0 Å². The van der Waals surface area contributed by atoms with Crippen molar-refractivity contribution in [2.75, 3.05) is 0 Å². The number of thiophene rings is 4. The smallest absolute Gasteiger partial charge is 0.165 e. The summed E-state index contributed by atoms with van der Waals surface area (Å²) in [7, 11) is 0. The quantitative estimate of drug-likeness (QED) is 0.171. The number of benzene rings is 21. The molecule has 0 spiro atoms. The third-order valence-electron chi connectivity index (χ3n) is 31.5. The second-order valence-electron chi connectivity index (χ2n) is 39.3. The van der Waals surface area contributed by atoms with Gasteiger partial charge in [0, 0.05) is 157 Å². The van der Waals surface area contributed by atoms with E-state index < -0.39 is 0 Å². The van der Waals surface area contributed by atoms with Crippen LogP contribution in [0.1, 0.15) is 0 Å². The van der Waals surface area contributed by atoms with Gasteiger partial charge in [-0.1, -0.05) is 273 Å². The van der Waals surface area contributed by atoms with Crippen LogP contribution in [0.4, 0.5) is 0 Å². The lowest BCUT2D eigenvalue weighted by atomic mass is 9.98. The van der Waals surface area contributed by atoms with E-state index in [-0.39, 0.29) is 0 Å². The Morgan fingerprint density at radius 3 is 1.20 bits per heavy atom. The highest BCUT2D eigenvalue weighted by atomic mass is 32.1. The normalized spacial score (nSPS) is 12.6. The summed E-state index contributed by atoms with van der Waals surface area (Å²) in [5, 5.41) is 30.3. The minimum absolute atomic E-state index is 0.915. The number of aromatic nitrogens is 13. The molecule has 0 bridgehead atoms. The SMILES string of the molecule is c1ccc(-n2c3ccccc3c3cc(-c4ccc5sc6cc7c8ccccc8n8c9nc%10ccccc%10nc9c(c6c5c4)c78)ccc32)cc1.c1ccc2cc(-c3cccc4c3sc3cc5c6ccccc6n6c7nc8ccccc8nc7c(c34)c56)ccc2c1.c1ccc2nc3c(nc2c1)c1cccc2c4cc5c(cc4n3c21)sc1ccccc15.c1ccc2nc3c(nc2c1)c1cccc2c4ccc5c6ccccc6sc5c4n3c21. The summed E-state index contributed by atoms with van der Waals surface area (Å²) in [6.07, 6.45) is 0. The van der Waals surface area contributed by atoms with Gasteiger partial charge in [-0.3, -0.25) is 17.6 Å². The van der Waals surface area contributed by atoms with Crippen molar-refractivity contribution in [2.45, 2.75) is 0 Å². The van der Waals surface area contributed by atoms with Gasteiger partial charge in [-0.2, -0.15) is 0 Å². The second kappa shape index (κ2) is 29.9. The van der Waals surface area contributed by atoms with Crippen LogP contribution in [0, 0.1) is 0 Å². The molecule has 0 saturated heterocycles. The van der Waals surface area contributed by atoms with Gasteiger partial charge in [0.05, 0.1) is 104 Å². The Balaban J connectivity index is 0.0000000850. The van der Waals surface area contributed by atoms with E-state index in [0.29, 0.717) is 0 Å². The van der Waals surface area contributed by atoms with Crippen molar-refractivity contribution in [2.24, 2.45) is 0 Å². The first-order valence-electron chi connectivity index (χ1n) is 50.2. The maximum Gasteiger partial charge on any atom is 0.165 e. The summed E-state index contributed by atoms with van der Waals surface area (Å²) in [5.41, 5.74) is 33.3. The number of hydrogen-bond acceptors (Lipinski definition) is 12. The Labute approximate surface area is 857 Å². The molecule has 0 aliphatic rings.